The van der Waals surface area contributed by atoms with Crippen LogP contribution in [0, 0.1) is 6.92 Å². The normalized spacial score (nSPS) is 11.8. The van der Waals surface area contributed by atoms with Crippen molar-refractivity contribution in [1.29, 1.82) is 0 Å². The molecule has 5 rings (SSSR count). The lowest BCUT2D eigenvalue weighted by molar-refractivity contribution is -0.115. The molecule has 1 atom stereocenters. The average Bonchev–Trinajstić information content (AvgIpc) is 3.18. The highest BCUT2D eigenvalue weighted by Crippen LogP contribution is 2.29. The van der Waals surface area contributed by atoms with E-state index < -0.39 is 5.25 Å². The Morgan fingerprint density at radius 2 is 1.57 bits per heavy atom. The highest BCUT2D eigenvalue weighted by atomic mass is 32.2. The van der Waals surface area contributed by atoms with Crippen molar-refractivity contribution in [3.8, 4) is 5.69 Å². The molecule has 2 amide bonds. The molecule has 0 fully saturated rings. The van der Waals surface area contributed by atoms with Gasteiger partial charge in [0.05, 0.1) is 16.6 Å². The van der Waals surface area contributed by atoms with Crippen LogP contribution in [-0.2, 0) is 11.8 Å². The molecule has 0 aliphatic carbocycles. The Hall–Kier alpha value is -4.56. The first-order valence-corrected chi connectivity index (χ1v) is 14.0. The van der Waals surface area contributed by atoms with Gasteiger partial charge in [-0.05, 0) is 66.6 Å². The molecule has 4 aromatic carbocycles. The maximum atomic E-state index is 13.3. The summed E-state index contributed by atoms with van der Waals surface area (Å²) >= 11 is 1.40. The third-order valence-corrected chi connectivity index (χ3v) is 8.21. The van der Waals surface area contributed by atoms with Crippen molar-refractivity contribution in [2.45, 2.75) is 30.4 Å². The number of hydrogen-bond donors (Lipinski definition) is 2. The zero-order valence-corrected chi connectivity index (χ0v) is 23.4. The van der Waals surface area contributed by atoms with E-state index in [1.54, 1.807) is 16.4 Å². The molecular formula is C32H30N4O3S. The summed E-state index contributed by atoms with van der Waals surface area (Å²) in [6.45, 7) is 3.74. The third-order valence-electron chi connectivity index (χ3n) is 6.85. The van der Waals surface area contributed by atoms with Gasteiger partial charge in [-0.25, -0.2) is 4.68 Å². The van der Waals surface area contributed by atoms with Crippen LogP contribution in [0.1, 0.15) is 29.4 Å². The van der Waals surface area contributed by atoms with Crippen LogP contribution in [0.3, 0.4) is 0 Å². The minimum Gasteiger partial charge on any atom is -0.322 e. The fourth-order valence-corrected chi connectivity index (χ4v) is 5.60. The maximum absolute atomic E-state index is 13.3. The van der Waals surface area contributed by atoms with Gasteiger partial charge in [0.1, 0.15) is 5.69 Å². The van der Waals surface area contributed by atoms with Gasteiger partial charge in [0.15, 0.2) is 0 Å². The predicted octanol–water partition coefficient (Wildman–Crippen LogP) is 6.40. The fourth-order valence-electron chi connectivity index (χ4n) is 4.58. The summed E-state index contributed by atoms with van der Waals surface area (Å²) in [6, 6.07) is 30.3. The largest absolute Gasteiger partial charge is 0.322 e. The van der Waals surface area contributed by atoms with Crippen molar-refractivity contribution in [3.05, 3.63) is 119 Å². The molecule has 0 saturated carbocycles. The van der Waals surface area contributed by atoms with Crippen LogP contribution in [0.2, 0.25) is 0 Å². The van der Waals surface area contributed by atoms with Crippen molar-refractivity contribution in [2.24, 2.45) is 7.05 Å². The van der Waals surface area contributed by atoms with E-state index >= 15 is 0 Å². The molecule has 0 aliphatic heterocycles. The molecule has 8 heteroatoms. The van der Waals surface area contributed by atoms with Gasteiger partial charge in [-0.15, -0.1) is 11.8 Å². The van der Waals surface area contributed by atoms with Gasteiger partial charge in [-0.3, -0.25) is 19.1 Å². The van der Waals surface area contributed by atoms with Crippen LogP contribution in [0.25, 0.3) is 16.5 Å². The lowest BCUT2D eigenvalue weighted by Crippen LogP contribution is -2.28. The molecule has 2 N–H and O–H groups in total. The predicted molar refractivity (Wildman–Crippen MR) is 163 cm³/mol. The van der Waals surface area contributed by atoms with E-state index in [0.717, 1.165) is 21.4 Å². The summed E-state index contributed by atoms with van der Waals surface area (Å²) in [5, 5.41) is 7.48. The van der Waals surface area contributed by atoms with E-state index in [9.17, 15) is 14.4 Å². The Labute approximate surface area is 236 Å². The number of thioether (sulfide) groups is 1. The van der Waals surface area contributed by atoms with Crippen molar-refractivity contribution < 1.29 is 9.59 Å². The summed E-state index contributed by atoms with van der Waals surface area (Å²) in [6.07, 6.45) is 0.558. The Morgan fingerprint density at radius 1 is 0.850 bits per heavy atom. The quantitative estimate of drug-likeness (QED) is 0.219. The highest BCUT2D eigenvalue weighted by Gasteiger charge is 2.23. The lowest BCUT2D eigenvalue weighted by atomic mass is 10.1. The third kappa shape index (κ3) is 5.58. The molecule has 1 unspecified atom stereocenters. The van der Waals surface area contributed by atoms with Gasteiger partial charge in [-0.1, -0.05) is 61.5 Å². The fraction of sp³-hybridized carbons (Fsp3) is 0.156. The second-order valence-electron chi connectivity index (χ2n) is 9.48. The van der Waals surface area contributed by atoms with Gasteiger partial charge < -0.3 is 10.6 Å². The van der Waals surface area contributed by atoms with Crippen LogP contribution in [0.15, 0.2) is 107 Å². The number of anilines is 2. The Bertz CT molecular complexity index is 1760. The summed E-state index contributed by atoms with van der Waals surface area (Å²) in [4.78, 5) is 40.3. The second kappa shape index (κ2) is 11.7. The minimum absolute atomic E-state index is 0.202. The Kier molecular flexibility index (Phi) is 7.89. The number of nitrogens with one attached hydrogen (secondary N) is 2. The van der Waals surface area contributed by atoms with Crippen molar-refractivity contribution in [1.82, 2.24) is 9.36 Å². The highest BCUT2D eigenvalue weighted by molar-refractivity contribution is 8.00. The van der Waals surface area contributed by atoms with Crippen molar-refractivity contribution in [3.63, 3.8) is 0 Å². The molecule has 202 valence electrons. The van der Waals surface area contributed by atoms with E-state index in [1.165, 1.54) is 11.8 Å². The molecule has 5 aromatic rings. The molecule has 0 radical (unpaired) electrons. The van der Waals surface area contributed by atoms with Gasteiger partial charge >= 0.3 is 0 Å². The van der Waals surface area contributed by atoms with Crippen molar-refractivity contribution in [2.75, 3.05) is 10.6 Å². The monoisotopic (exact) mass is 550 g/mol. The van der Waals surface area contributed by atoms with Gasteiger partial charge in [0.25, 0.3) is 11.5 Å². The van der Waals surface area contributed by atoms with Gasteiger partial charge in [0.2, 0.25) is 5.91 Å². The lowest BCUT2D eigenvalue weighted by Gasteiger charge is -2.15. The summed E-state index contributed by atoms with van der Waals surface area (Å²) in [7, 11) is 1.79. The van der Waals surface area contributed by atoms with E-state index in [4.69, 9.17) is 0 Å². The van der Waals surface area contributed by atoms with E-state index in [1.807, 2.05) is 111 Å². The van der Waals surface area contributed by atoms with E-state index in [2.05, 4.69) is 10.6 Å². The van der Waals surface area contributed by atoms with Gasteiger partial charge in [0, 0.05) is 23.2 Å². The molecule has 0 saturated heterocycles. The average molecular weight is 551 g/mol. The van der Waals surface area contributed by atoms with Crippen LogP contribution in [-0.4, -0.2) is 26.4 Å². The number of para-hydroxylation sites is 1. The van der Waals surface area contributed by atoms with E-state index in [0.29, 0.717) is 23.4 Å². The maximum Gasteiger partial charge on any atom is 0.295 e. The molecule has 1 aromatic heterocycles. The summed E-state index contributed by atoms with van der Waals surface area (Å²) in [5.74, 6) is -0.448. The van der Waals surface area contributed by atoms with Crippen LogP contribution < -0.4 is 16.2 Å². The zero-order chi connectivity index (χ0) is 28.2. The van der Waals surface area contributed by atoms with Crippen LogP contribution in [0.4, 0.5) is 11.4 Å². The molecule has 7 nitrogen and oxygen atoms in total. The number of hydrogen-bond acceptors (Lipinski definition) is 4. The number of fused-ring (bicyclic) bond motifs is 1. The number of benzene rings is 4. The van der Waals surface area contributed by atoms with E-state index in [-0.39, 0.29) is 23.1 Å². The second-order valence-corrected chi connectivity index (χ2v) is 10.8. The standard InChI is InChI=1S/C32H30N4O3S/c1-4-28(31(38)34-29-21(2)35(3)36(32(29)39)26-14-6-5-7-15-26)40-27-16-10-13-25(20-27)33-30(37)24-18-17-22-11-8-9-12-23(22)19-24/h5-20,28H,4H2,1-3H3,(H,33,37)(H,34,38). The first-order valence-electron chi connectivity index (χ1n) is 13.1. The number of carbonyl (C=O) groups excluding carboxylic acids is 2. The van der Waals surface area contributed by atoms with Crippen LogP contribution in [0.5, 0.6) is 0 Å². The first kappa shape index (κ1) is 27.0. The number of nitrogens with zero attached hydrogens (tertiary/aromatic N) is 2. The smallest absolute Gasteiger partial charge is 0.295 e. The molecule has 0 spiro atoms. The number of carbonyl (C=O) groups is 2. The topological polar surface area (TPSA) is 85.1 Å². The molecule has 40 heavy (non-hydrogen) atoms. The minimum atomic E-state index is -0.435. The Balaban J connectivity index is 1.30. The summed E-state index contributed by atoms with van der Waals surface area (Å²) in [5.41, 5.74) is 2.60. The number of rotatable bonds is 8. The first-order chi connectivity index (χ1) is 19.4. The van der Waals surface area contributed by atoms with Crippen molar-refractivity contribution >= 4 is 45.7 Å². The Morgan fingerprint density at radius 3 is 2.33 bits per heavy atom. The molecule has 0 aliphatic rings. The molecular weight excluding hydrogens is 520 g/mol. The van der Waals surface area contributed by atoms with Crippen LogP contribution >= 0.6 is 11.8 Å². The zero-order valence-electron chi connectivity index (χ0n) is 22.5. The molecule has 1 heterocycles. The SMILES string of the molecule is CCC(Sc1cccc(NC(=O)c2ccc3ccccc3c2)c1)C(=O)Nc1c(C)n(C)n(-c2ccccc2)c1=O. The van der Waals surface area contributed by atoms with Gasteiger partial charge in [-0.2, -0.15) is 0 Å². The number of amides is 2. The molecule has 0 bridgehead atoms. The number of aromatic nitrogens is 2. The summed E-state index contributed by atoms with van der Waals surface area (Å²) < 4.78 is 3.28.